The van der Waals surface area contributed by atoms with Gasteiger partial charge < -0.3 is 5.32 Å². The lowest BCUT2D eigenvalue weighted by Gasteiger charge is -2.10. The second kappa shape index (κ2) is 5.24. The van der Waals surface area contributed by atoms with Gasteiger partial charge in [0.25, 0.3) is 0 Å². The molecule has 2 aromatic heterocycles. The van der Waals surface area contributed by atoms with E-state index in [0.717, 1.165) is 5.69 Å². The van der Waals surface area contributed by atoms with Crippen molar-refractivity contribution in [1.29, 1.82) is 0 Å². The van der Waals surface area contributed by atoms with Crippen molar-refractivity contribution in [3.8, 4) is 0 Å². The number of rotatable bonds is 4. The first kappa shape index (κ1) is 13.9. The molecule has 4 nitrogen and oxygen atoms in total. The van der Waals surface area contributed by atoms with Crippen LogP contribution in [0.3, 0.4) is 0 Å². The van der Waals surface area contributed by atoms with Crippen molar-refractivity contribution in [1.82, 2.24) is 14.6 Å². The average Bonchev–Trinajstić information content (AvgIpc) is 2.70. The third-order valence-electron chi connectivity index (χ3n) is 2.59. The summed E-state index contributed by atoms with van der Waals surface area (Å²) >= 11 is 5.86. The summed E-state index contributed by atoms with van der Waals surface area (Å²) in [4.78, 5) is 4.14. The zero-order valence-electron chi connectivity index (χ0n) is 10.1. The summed E-state index contributed by atoms with van der Waals surface area (Å²) in [5.74, 6) is 0. The first-order valence-corrected chi connectivity index (χ1v) is 6.12. The van der Waals surface area contributed by atoms with Gasteiger partial charge in [-0.3, -0.25) is 0 Å². The molecule has 0 spiro atoms. The summed E-state index contributed by atoms with van der Waals surface area (Å²) in [5.41, 5.74) is 1.77. The molecule has 1 N–H and O–H groups in total. The van der Waals surface area contributed by atoms with Gasteiger partial charge in [-0.1, -0.05) is 18.5 Å². The van der Waals surface area contributed by atoms with Crippen LogP contribution in [-0.2, 0) is 6.42 Å². The number of fused-ring (bicyclic) bond motifs is 1. The first-order valence-electron chi connectivity index (χ1n) is 5.74. The van der Waals surface area contributed by atoms with Crippen molar-refractivity contribution in [3.05, 3.63) is 23.1 Å². The van der Waals surface area contributed by atoms with E-state index in [1.807, 2.05) is 6.92 Å². The predicted octanol–water partition coefficient (Wildman–Crippen LogP) is 3.31. The van der Waals surface area contributed by atoms with E-state index in [1.165, 1.54) is 10.6 Å². The van der Waals surface area contributed by atoms with Crippen LogP contribution >= 0.6 is 11.6 Å². The van der Waals surface area contributed by atoms with Crippen LogP contribution in [0.5, 0.6) is 0 Å². The number of alkyl halides is 3. The molecule has 0 radical (unpaired) electrons. The Labute approximate surface area is 112 Å². The summed E-state index contributed by atoms with van der Waals surface area (Å²) in [6.45, 7) is 1.70. The van der Waals surface area contributed by atoms with Crippen LogP contribution in [0.25, 0.3) is 5.65 Å². The molecule has 0 saturated carbocycles. The molecule has 0 amide bonds. The van der Waals surface area contributed by atoms with Gasteiger partial charge in [0.1, 0.15) is 0 Å². The normalized spacial score (nSPS) is 12.1. The minimum Gasteiger partial charge on any atom is -0.382 e. The summed E-state index contributed by atoms with van der Waals surface area (Å²) in [5, 5.41) is 6.98. The van der Waals surface area contributed by atoms with Crippen LogP contribution in [0.1, 0.15) is 19.0 Å². The maximum atomic E-state index is 12.1. The monoisotopic (exact) mass is 292 g/mol. The molecule has 19 heavy (non-hydrogen) atoms. The molecule has 0 aliphatic carbocycles. The average molecular weight is 293 g/mol. The van der Waals surface area contributed by atoms with E-state index >= 15 is 0 Å². The third kappa shape index (κ3) is 3.28. The van der Waals surface area contributed by atoms with Gasteiger partial charge in [0.05, 0.1) is 24.0 Å². The molecule has 2 rings (SSSR count). The van der Waals surface area contributed by atoms with Crippen molar-refractivity contribution in [2.24, 2.45) is 0 Å². The maximum absolute atomic E-state index is 12.1. The van der Waals surface area contributed by atoms with Gasteiger partial charge in [-0.05, 0) is 6.42 Å². The first-order chi connectivity index (χ1) is 8.90. The number of hydrogen-bond donors (Lipinski definition) is 1. The highest BCUT2D eigenvalue weighted by Crippen LogP contribution is 2.23. The topological polar surface area (TPSA) is 42.2 Å². The number of imidazole rings is 1. The van der Waals surface area contributed by atoms with E-state index in [-0.39, 0.29) is 11.7 Å². The molecule has 0 saturated heterocycles. The Hall–Kier alpha value is -1.50. The number of aryl methyl sites for hydroxylation is 1. The maximum Gasteiger partial charge on any atom is 0.390 e. The number of anilines is 1. The van der Waals surface area contributed by atoms with Crippen molar-refractivity contribution in [2.75, 3.05) is 11.9 Å². The second-order valence-corrected chi connectivity index (χ2v) is 4.40. The summed E-state index contributed by atoms with van der Waals surface area (Å²) in [7, 11) is 0. The highest BCUT2D eigenvalue weighted by Gasteiger charge is 2.26. The molecule has 0 aromatic carbocycles. The van der Waals surface area contributed by atoms with Crippen molar-refractivity contribution < 1.29 is 13.2 Å². The van der Waals surface area contributed by atoms with E-state index in [0.29, 0.717) is 17.8 Å². The van der Waals surface area contributed by atoms with E-state index in [4.69, 9.17) is 11.6 Å². The Kier molecular flexibility index (Phi) is 3.84. The Bertz CT molecular complexity index is 579. The smallest absolute Gasteiger partial charge is 0.382 e. The van der Waals surface area contributed by atoms with Gasteiger partial charge in [-0.15, -0.1) is 0 Å². The molecule has 0 unspecified atom stereocenters. The summed E-state index contributed by atoms with van der Waals surface area (Å²) in [6.07, 6.45) is -2.77. The Morgan fingerprint density at radius 3 is 2.79 bits per heavy atom. The number of nitrogens with zero attached hydrogens (tertiary/aromatic N) is 3. The third-order valence-corrected chi connectivity index (χ3v) is 2.78. The quantitative estimate of drug-likeness (QED) is 0.940. The number of aromatic nitrogens is 3. The lowest BCUT2D eigenvalue weighted by atomic mass is 10.3. The molecular weight excluding hydrogens is 281 g/mol. The van der Waals surface area contributed by atoms with Crippen LogP contribution in [-0.4, -0.2) is 27.3 Å². The van der Waals surface area contributed by atoms with Gasteiger partial charge in [0.15, 0.2) is 10.8 Å². The van der Waals surface area contributed by atoms with Crippen molar-refractivity contribution in [3.63, 3.8) is 0 Å². The molecular formula is C11H12ClF3N4. The molecule has 0 aliphatic rings. The van der Waals surface area contributed by atoms with E-state index in [1.54, 1.807) is 6.20 Å². The van der Waals surface area contributed by atoms with E-state index in [2.05, 4.69) is 15.4 Å². The van der Waals surface area contributed by atoms with Crippen LogP contribution < -0.4 is 5.32 Å². The zero-order chi connectivity index (χ0) is 14.0. The number of halogens is 4. The Balaban J connectivity index is 2.25. The Morgan fingerprint density at radius 1 is 1.42 bits per heavy atom. The van der Waals surface area contributed by atoms with Crippen LogP contribution in [0.15, 0.2) is 12.3 Å². The molecule has 8 heteroatoms. The molecule has 0 atom stereocenters. The highest BCUT2D eigenvalue weighted by molar-refractivity contribution is 6.29. The van der Waals surface area contributed by atoms with Crippen molar-refractivity contribution in [2.45, 2.75) is 25.9 Å². The largest absolute Gasteiger partial charge is 0.390 e. The standard InChI is InChI=1S/C11H12ClF3N4/c1-2-7-6-17-10-8(5-9(12)18-19(7)10)16-4-3-11(13,14)15/h5-6,16H,2-4H2,1H3. The summed E-state index contributed by atoms with van der Waals surface area (Å²) in [6, 6.07) is 1.47. The SMILES string of the molecule is CCc1cnc2c(NCCC(F)(F)F)cc(Cl)nn12. The highest BCUT2D eigenvalue weighted by atomic mass is 35.5. The molecule has 0 bridgehead atoms. The lowest BCUT2D eigenvalue weighted by Crippen LogP contribution is -2.15. The number of nitrogens with one attached hydrogen (secondary N) is 1. The second-order valence-electron chi connectivity index (χ2n) is 4.01. The molecule has 2 aromatic rings. The summed E-state index contributed by atoms with van der Waals surface area (Å²) < 4.78 is 37.9. The fourth-order valence-electron chi connectivity index (χ4n) is 1.69. The van der Waals surface area contributed by atoms with Crippen LogP contribution in [0, 0.1) is 0 Å². The fraction of sp³-hybridized carbons (Fsp3) is 0.455. The predicted molar refractivity (Wildman–Crippen MR) is 66.5 cm³/mol. The molecule has 104 valence electrons. The lowest BCUT2D eigenvalue weighted by molar-refractivity contribution is -0.131. The molecule has 0 aliphatic heterocycles. The van der Waals surface area contributed by atoms with Gasteiger partial charge in [-0.25, -0.2) is 9.50 Å². The van der Waals surface area contributed by atoms with E-state index in [9.17, 15) is 13.2 Å². The van der Waals surface area contributed by atoms with Crippen LogP contribution in [0.2, 0.25) is 5.15 Å². The van der Waals surface area contributed by atoms with Gasteiger partial charge in [0, 0.05) is 12.6 Å². The Morgan fingerprint density at radius 2 is 2.16 bits per heavy atom. The van der Waals surface area contributed by atoms with Gasteiger partial charge in [-0.2, -0.15) is 18.3 Å². The number of hydrogen-bond acceptors (Lipinski definition) is 3. The van der Waals surface area contributed by atoms with Gasteiger partial charge in [0.2, 0.25) is 0 Å². The zero-order valence-corrected chi connectivity index (χ0v) is 10.9. The van der Waals surface area contributed by atoms with Crippen molar-refractivity contribution >= 4 is 22.9 Å². The minimum atomic E-state index is -4.19. The van der Waals surface area contributed by atoms with E-state index < -0.39 is 12.6 Å². The molecule has 2 heterocycles. The minimum absolute atomic E-state index is 0.203. The van der Waals surface area contributed by atoms with Gasteiger partial charge >= 0.3 is 6.18 Å². The van der Waals surface area contributed by atoms with Crippen LogP contribution in [0.4, 0.5) is 18.9 Å². The molecule has 0 fully saturated rings. The fourth-order valence-corrected chi connectivity index (χ4v) is 1.88.